The second-order valence-corrected chi connectivity index (χ2v) is 22.0. The van der Waals surface area contributed by atoms with Crippen LogP contribution < -0.4 is 0 Å². The monoisotopic (exact) mass is 778 g/mol. The highest BCUT2D eigenvalue weighted by Crippen LogP contribution is 2.44. The van der Waals surface area contributed by atoms with Crippen molar-refractivity contribution in [2.24, 2.45) is 11.8 Å². The number of esters is 1. The Morgan fingerprint density at radius 2 is 1.80 bits per heavy atom. The number of oxazole rings is 2. The van der Waals surface area contributed by atoms with Crippen molar-refractivity contribution in [3.05, 3.63) is 59.5 Å². The maximum atomic E-state index is 11.4. The topological polar surface area (TPSA) is 136 Å². The summed E-state index contributed by atoms with van der Waals surface area (Å²) in [5, 5.41) is 10.9. The highest BCUT2D eigenvalue weighted by Gasteiger charge is 2.47. The lowest BCUT2D eigenvalue weighted by atomic mass is 9.79. The van der Waals surface area contributed by atoms with Crippen molar-refractivity contribution in [1.82, 2.24) is 9.97 Å². The minimum absolute atomic E-state index is 0.0137. The van der Waals surface area contributed by atoms with Gasteiger partial charge in [0.2, 0.25) is 5.89 Å². The largest absolute Gasteiger partial charge is 0.459 e. The van der Waals surface area contributed by atoms with Crippen molar-refractivity contribution >= 4 is 26.4 Å². The summed E-state index contributed by atoms with van der Waals surface area (Å²) >= 11 is 0. The predicted octanol–water partition coefficient (Wildman–Crippen LogP) is 8.55. The molecule has 2 aromatic rings. The normalized spacial score (nSPS) is 31.0. The molecule has 55 heavy (non-hydrogen) atoms. The molecule has 3 saturated heterocycles. The van der Waals surface area contributed by atoms with E-state index in [0.29, 0.717) is 62.4 Å². The van der Waals surface area contributed by atoms with Crippen molar-refractivity contribution in [2.45, 2.75) is 160 Å². The summed E-state index contributed by atoms with van der Waals surface area (Å²) in [5.74, 6) is 6.13. The first-order valence-corrected chi connectivity index (χ1v) is 22.6. The summed E-state index contributed by atoms with van der Waals surface area (Å²) in [6.07, 6.45) is 11.6. The molecular weight excluding hydrogens is 717 g/mol. The van der Waals surface area contributed by atoms with Gasteiger partial charge in [0.25, 0.3) is 0 Å². The molecule has 5 heterocycles. The number of aryl methyl sites for hydroxylation is 1. The van der Waals surface area contributed by atoms with Gasteiger partial charge in [-0.25, -0.2) is 14.8 Å². The van der Waals surface area contributed by atoms with Crippen LogP contribution in [0.5, 0.6) is 0 Å². The van der Waals surface area contributed by atoms with Crippen LogP contribution in [0.2, 0.25) is 18.1 Å². The van der Waals surface area contributed by atoms with E-state index >= 15 is 0 Å². The van der Waals surface area contributed by atoms with E-state index in [1.165, 1.54) is 7.11 Å². The summed E-state index contributed by atoms with van der Waals surface area (Å²) < 4.78 is 42.8. The number of aliphatic hydroxyl groups is 1. The Kier molecular flexibility index (Phi) is 14.2. The van der Waals surface area contributed by atoms with Crippen LogP contribution in [0.25, 0.3) is 12.2 Å². The molecule has 302 valence electrons. The van der Waals surface area contributed by atoms with Gasteiger partial charge in [0, 0.05) is 43.9 Å². The van der Waals surface area contributed by atoms with E-state index in [0.717, 1.165) is 16.8 Å². The smallest absolute Gasteiger partial charge is 0.384 e. The third-order valence-electron chi connectivity index (χ3n) is 11.6. The Balaban J connectivity index is 1.23. The van der Waals surface area contributed by atoms with E-state index in [-0.39, 0.29) is 53.5 Å². The minimum Gasteiger partial charge on any atom is -0.459 e. The summed E-state index contributed by atoms with van der Waals surface area (Å²) in [7, 11) is -0.774. The molecule has 0 unspecified atom stereocenters. The standard InChI is InChI=1S/C43H62N2O9Si/c1-26-18-33(14-12-17-40(47)48-9)51-34(19-26)23-35-21-32(46)22-38(52-35)36-25-50-39(45-36)16-13-15-37-28(3)42(54-55(10,11)43(6,7)8)29(4)41(53-37)27(2)20-31-24-49-30(5)44-31/h13,16,20,24-25,28-29,32-35,37-38,41-42,46H,1,14-15,18-19,21-23H2,2-11H3/b16-13+,27-20+/t28-,29-,32-,33-,34+,35-,37+,38+,41-,42-/m0/s1. The van der Waals surface area contributed by atoms with E-state index in [2.05, 4.69) is 88.9 Å². The number of carbonyl (C=O) groups excluding carboxylic acids is 1. The lowest BCUT2D eigenvalue weighted by Gasteiger charge is -2.49. The summed E-state index contributed by atoms with van der Waals surface area (Å²) in [4.78, 5) is 20.6. The third-order valence-corrected chi connectivity index (χ3v) is 16.1. The Bertz CT molecular complexity index is 1740. The second-order valence-electron chi connectivity index (χ2n) is 17.2. The first-order valence-electron chi connectivity index (χ1n) is 19.7. The minimum atomic E-state index is -2.08. The number of methoxy groups -OCH3 is 1. The predicted molar refractivity (Wildman–Crippen MR) is 213 cm³/mol. The average Bonchev–Trinajstić information content (AvgIpc) is 3.75. The molecule has 10 atom stereocenters. The van der Waals surface area contributed by atoms with Gasteiger partial charge in [-0.2, -0.15) is 0 Å². The van der Waals surface area contributed by atoms with Gasteiger partial charge in [-0.15, -0.1) is 0 Å². The van der Waals surface area contributed by atoms with Crippen molar-refractivity contribution in [1.29, 1.82) is 0 Å². The Hall–Kier alpha value is -3.31. The maximum Gasteiger partial charge on any atom is 0.384 e. The average molecular weight is 779 g/mol. The first kappa shape index (κ1) is 42.8. The molecule has 1 N–H and O–H groups in total. The number of ether oxygens (including phenoxy) is 4. The van der Waals surface area contributed by atoms with Gasteiger partial charge in [0.05, 0.1) is 49.8 Å². The summed E-state index contributed by atoms with van der Waals surface area (Å²) in [6.45, 7) is 24.1. The highest BCUT2D eigenvalue weighted by molar-refractivity contribution is 6.74. The molecule has 3 aliphatic heterocycles. The van der Waals surface area contributed by atoms with Crippen LogP contribution in [0.1, 0.15) is 116 Å². The van der Waals surface area contributed by atoms with Crippen LogP contribution in [0, 0.1) is 30.6 Å². The van der Waals surface area contributed by atoms with Crippen LogP contribution in [0.4, 0.5) is 0 Å². The van der Waals surface area contributed by atoms with Crippen molar-refractivity contribution < 1.29 is 42.1 Å². The Morgan fingerprint density at radius 3 is 2.49 bits per heavy atom. The van der Waals surface area contributed by atoms with E-state index in [1.807, 2.05) is 19.1 Å². The molecule has 5 rings (SSSR count). The molecule has 0 aliphatic carbocycles. The number of carbonyl (C=O) groups is 1. The van der Waals surface area contributed by atoms with Gasteiger partial charge in [0.1, 0.15) is 30.0 Å². The molecular formula is C43H62N2O9Si. The molecule has 0 amide bonds. The second kappa shape index (κ2) is 18.3. The zero-order chi connectivity index (χ0) is 40.1. The molecule has 0 radical (unpaired) electrons. The van der Waals surface area contributed by atoms with E-state index in [9.17, 15) is 9.90 Å². The molecule has 0 aromatic carbocycles. The third kappa shape index (κ3) is 11.4. The number of rotatable bonds is 11. The number of aromatic nitrogens is 2. The molecule has 3 fully saturated rings. The summed E-state index contributed by atoms with van der Waals surface area (Å²) in [6, 6.07) is 0. The van der Waals surface area contributed by atoms with Crippen molar-refractivity contribution in [2.75, 3.05) is 7.11 Å². The van der Waals surface area contributed by atoms with Gasteiger partial charge in [0.15, 0.2) is 14.2 Å². The number of aliphatic hydroxyl groups excluding tert-OH is 1. The van der Waals surface area contributed by atoms with Crippen molar-refractivity contribution in [3.63, 3.8) is 0 Å². The zero-order valence-electron chi connectivity index (χ0n) is 34.4. The van der Waals surface area contributed by atoms with Crippen LogP contribution in [-0.2, 0) is 28.2 Å². The van der Waals surface area contributed by atoms with Crippen LogP contribution in [-0.4, -0.2) is 79.2 Å². The van der Waals surface area contributed by atoms with Gasteiger partial charge >= 0.3 is 5.97 Å². The number of hydrogen-bond donors (Lipinski definition) is 1. The van der Waals surface area contributed by atoms with Crippen LogP contribution >= 0.6 is 0 Å². The molecule has 11 nitrogen and oxygen atoms in total. The molecule has 3 aliphatic rings. The molecule has 0 saturated carbocycles. The fraction of sp³-hybridized carbons (Fsp3) is 0.651. The highest BCUT2D eigenvalue weighted by atomic mass is 28.4. The van der Waals surface area contributed by atoms with Gasteiger partial charge in [-0.05, 0) is 68.5 Å². The molecule has 12 heteroatoms. The number of nitrogens with zero attached hydrogens (tertiary/aromatic N) is 2. The van der Waals surface area contributed by atoms with Gasteiger partial charge in [-0.1, -0.05) is 58.8 Å². The molecule has 0 bridgehead atoms. The van der Waals surface area contributed by atoms with Gasteiger partial charge in [-0.3, -0.25) is 0 Å². The zero-order valence-corrected chi connectivity index (χ0v) is 35.4. The van der Waals surface area contributed by atoms with Crippen molar-refractivity contribution in [3.8, 4) is 11.8 Å². The Morgan fingerprint density at radius 1 is 1.05 bits per heavy atom. The quantitative estimate of drug-likeness (QED) is 0.0773. The Labute approximate surface area is 328 Å². The molecule has 2 aromatic heterocycles. The van der Waals surface area contributed by atoms with Gasteiger partial charge < -0.3 is 37.3 Å². The SMILES string of the molecule is C=C1C[C@H](C[C@@H]2C[C@H](O)C[C@H](c3coc(/C=C/C[C@H]4O[C@@H](/C(C)=C/c5coc(C)n5)[C@H](C)[C@@H](O[Si](C)(C)C(C)(C)C)[C@H]4C)n3)O2)O[C@@H](CC#CC(=O)OC)C1. The van der Waals surface area contributed by atoms with E-state index < -0.39 is 26.5 Å². The van der Waals surface area contributed by atoms with E-state index in [1.54, 1.807) is 12.5 Å². The van der Waals surface area contributed by atoms with Crippen LogP contribution in [0.3, 0.4) is 0 Å². The fourth-order valence-corrected chi connectivity index (χ4v) is 9.14. The lowest BCUT2D eigenvalue weighted by Crippen LogP contribution is -2.55. The fourth-order valence-electron chi connectivity index (χ4n) is 7.68. The van der Waals surface area contributed by atoms with E-state index in [4.69, 9.17) is 32.5 Å². The number of hydrogen-bond acceptors (Lipinski definition) is 11. The first-order chi connectivity index (χ1) is 25.9. The summed E-state index contributed by atoms with van der Waals surface area (Å²) in [5.41, 5.74) is 3.59. The van der Waals surface area contributed by atoms with Crippen LogP contribution in [0.15, 0.2) is 45.2 Å². The molecule has 0 spiro atoms. The maximum absolute atomic E-state index is 11.4. The lowest BCUT2D eigenvalue weighted by molar-refractivity contribution is -0.143.